The lowest BCUT2D eigenvalue weighted by molar-refractivity contribution is 0.584. The van der Waals surface area contributed by atoms with Gasteiger partial charge in [-0.3, -0.25) is 0 Å². The van der Waals surface area contributed by atoms with Crippen LogP contribution in [0, 0.1) is 5.92 Å². The van der Waals surface area contributed by atoms with E-state index < -0.39 is 0 Å². The molecule has 0 fully saturated rings. The summed E-state index contributed by atoms with van der Waals surface area (Å²) in [6.07, 6.45) is 1.18. The van der Waals surface area contributed by atoms with Gasteiger partial charge < -0.3 is 0 Å². The highest BCUT2D eigenvalue weighted by atomic mass is 14.2. The molecule has 0 aromatic heterocycles. The van der Waals surface area contributed by atoms with Crippen molar-refractivity contribution in [1.82, 2.24) is 0 Å². The third-order valence-corrected chi connectivity index (χ3v) is 3.19. The van der Waals surface area contributed by atoms with Gasteiger partial charge in [-0.15, -0.1) is 0 Å². The van der Waals surface area contributed by atoms with Crippen LogP contribution < -0.4 is 0 Å². The van der Waals surface area contributed by atoms with E-state index in [0.717, 1.165) is 5.92 Å². The third kappa shape index (κ3) is 4.18. The van der Waals surface area contributed by atoms with Crippen molar-refractivity contribution >= 4 is 0 Å². The lowest BCUT2D eigenvalue weighted by Gasteiger charge is -2.23. The first-order chi connectivity index (χ1) is 7.70. The van der Waals surface area contributed by atoms with Gasteiger partial charge in [0.1, 0.15) is 0 Å². The van der Waals surface area contributed by atoms with Crippen LogP contribution in [-0.4, -0.2) is 0 Å². The summed E-state index contributed by atoms with van der Waals surface area (Å²) in [6.45, 7) is 16.0. The van der Waals surface area contributed by atoms with Crippen molar-refractivity contribution in [1.29, 1.82) is 0 Å². The first kappa shape index (κ1) is 14.3. The topological polar surface area (TPSA) is 0 Å². The molecule has 0 radical (unpaired) electrons. The molecule has 0 bridgehead atoms. The summed E-state index contributed by atoms with van der Waals surface area (Å²) in [4.78, 5) is 0. The number of hydrogen-bond donors (Lipinski definition) is 0. The fourth-order valence-electron chi connectivity index (χ4n) is 2.07. The average Bonchev–Trinajstić information content (AvgIpc) is 2.14. The molecule has 0 heterocycles. The van der Waals surface area contributed by atoms with Gasteiger partial charge in [0, 0.05) is 0 Å². The van der Waals surface area contributed by atoms with Crippen molar-refractivity contribution < 1.29 is 0 Å². The Bertz CT molecular complexity index is 364. The molecule has 0 aliphatic carbocycles. The van der Waals surface area contributed by atoms with Crippen molar-refractivity contribution in [2.45, 2.75) is 66.2 Å². The molecule has 0 heteroatoms. The van der Waals surface area contributed by atoms with E-state index in [4.69, 9.17) is 0 Å². The zero-order valence-corrected chi connectivity index (χ0v) is 12.6. The molecular weight excluding hydrogens is 204 g/mol. The van der Waals surface area contributed by atoms with Crippen LogP contribution >= 0.6 is 0 Å². The minimum absolute atomic E-state index is 0.247. The molecule has 0 aliphatic heterocycles. The lowest BCUT2D eigenvalue weighted by atomic mass is 9.82. The van der Waals surface area contributed by atoms with Crippen molar-refractivity contribution in [3.8, 4) is 0 Å². The summed E-state index contributed by atoms with van der Waals surface area (Å²) in [5, 5.41) is 0. The standard InChI is InChI=1S/C17H28/c1-12(2)8-14-9-15(13(3)4)11-16(10-14)17(5,6)7/h9-13H,8H2,1-7H3. The fraction of sp³-hybridized carbons (Fsp3) is 0.647. The highest BCUT2D eigenvalue weighted by molar-refractivity contribution is 5.35. The van der Waals surface area contributed by atoms with E-state index in [-0.39, 0.29) is 5.41 Å². The van der Waals surface area contributed by atoms with Gasteiger partial charge in [-0.2, -0.15) is 0 Å². The molecule has 0 aliphatic rings. The minimum atomic E-state index is 0.247. The maximum atomic E-state index is 2.39. The van der Waals surface area contributed by atoms with Crippen LogP contribution in [0.3, 0.4) is 0 Å². The van der Waals surface area contributed by atoms with E-state index >= 15 is 0 Å². The normalized spacial score (nSPS) is 12.5. The van der Waals surface area contributed by atoms with Crippen LogP contribution in [0.4, 0.5) is 0 Å². The molecule has 1 aromatic carbocycles. The van der Waals surface area contributed by atoms with Gasteiger partial charge in [0.2, 0.25) is 0 Å². The predicted octanol–water partition coefficient (Wildman–Crippen LogP) is 5.31. The molecule has 0 spiro atoms. The van der Waals surface area contributed by atoms with E-state index in [1.165, 1.54) is 23.1 Å². The van der Waals surface area contributed by atoms with Crippen LogP contribution in [-0.2, 0) is 11.8 Å². The summed E-state index contributed by atoms with van der Waals surface area (Å²) < 4.78 is 0. The summed E-state index contributed by atoms with van der Waals surface area (Å²) >= 11 is 0. The van der Waals surface area contributed by atoms with E-state index in [1.54, 1.807) is 0 Å². The highest BCUT2D eigenvalue weighted by Crippen LogP contribution is 2.28. The maximum Gasteiger partial charge on any atom is -0.0132 e. The molecule has 0 nitrogen and oxygen atoms in total. The Labute approximate surface area is 107 Å². The zero-order chi connectivity index (χ0) is 13.2. The van der Waals surface area contributed by atoms with Crippen LogP contribution in [0.25, 0.3) is 0 Å². The Morgan fingerprint density at radius 3 is 1.94 bits per heavy atom. The van der Waals surface area contributed by atoms with Crippen LogP contribution in [0.1, 0.15) is 71.1 Å². The molecule has 0 unspecified atom stereocenters. The van der Waals surface area contributed by atoms with E-state index in [2.05, 4.69) is 66.7 Å². The molecule has 1 rings (SSSR count). The predicted molar refractivity (Wildman–Crippen MR) is 77.8 cm³/mol. The maximum absolute atomic E-state index is 2.39. The summed E-state index contributed by atoms with van der Waals surface area (Å²) in [5.74, 6) is 1.34. The Kier molecular flexibility index (Phi) is 4.41. The molecule has 0 atom stereocenters. The van der Waals surface area contributed by atoms with Gasteiger partial charge in [0.15, 0.2) is 0 Å². The second kappa shape index (κ2) is 5.25. The third-order valence-electron chi connectivity index (χ3n) is 3.19. The van der Waals surface area contributed by atoms with E-state index in [0.29, 0.717) is 5.92 Å². The average molecular weight is 232 g/mol. The molecular formula is C17H28. The first-order valence-corrected chi connectivity index (χ1v) is 6.84. The highest BCUT2D eigenvalue weighted by Gasteiger charge is 2.16. The Hall–Kier alpha value is -0.780. The fourth-order valence-corrected chi connectivity index (χ4v) is 2.07. The SMILES string of the molecule is CC(C)Cc1cc(C(C)C)cc(C(C)(C)C)c1. The number of benzene rings is 1. The van der Waals surface area contributed by atoms with Crippen LogP contribution in [0.2, 0.25) is 0 Å². The smallest absolute Gasteiger partial charge is 0.0132 e. The Morgan fingerprint density at radius 1 is 0.941 bits per heavy atom. The van der Waals surface area contributed by atoms with Gasteiger partial charge in [-0.1, -0.05) is 66.7 Å². The van der Waals surface area contributed by atoms with Crippen molar-refractivity contribution in [2.24, 2.45) is 5.92 Å². The second-order valence-electron chi connectivity index (χ2n) is 6.97. The molecule has 0 amide bonds. The molecule has 96 valence electrons. The zero-order valence-electron chi connectivity index (χ0n) is 12.6. The van der Waals surface area contributed by atoms with Crippen molar-refractivity contribution in [3.63, 3.8) is 0 Å². The van der Waals surface area contributed by atoms with E-state index in [1.807, 2.05) is 0 Å². The van der Waals surface area contributed by atoms with Gasteiger partial charge in [0.25, 0.3) is 0 Å². The second-order valence-corrected chi connectivity index (χ2v) is 6.97. The first-order valence-electron chi connectivity index (χ1n) is 6.84. The van der Waals surface area contributed by atoms with Gasteiger partial charge in [-0.25, -0.2) is 0 Å². The monoisotopic (exact) mass is 232 g/mol. The van der Waals surface area contributed by atoms with Crippen molar-refractivity contribution in [3.05, 3.63) is 34.9 Å². The summed E-state index contributed by atoms with van der Waals surface area (Å²) in [6, 6.07) is 7.17. The number of rotatable bonds is 3. The molecule has 0 saturated heterocycles. The largest absolute Gasteiger partial charge is 0.0625 e. The van der Waals surface area contributed by atoms with Crippen molar-refractivity contribution in [2.75, 3.05) is 0 Å². The molecule has 0 N–H and O–H groups in total. The Balaban J connectivity index is 3.19. The van der Waals surface area contributed by atoms with Crippen LogP contribution in [0.5, 0.6) is 0 Å². The quantitative estimate of drug-likeness (QED) is 0.663. The van der Waals surface area contributed by atoms with Gasteiger partial charge in [0.05, 0.1) is 0 Å². The van der Waals surface area contributed by atoms with Gasteiger partial charge >= 0.3 is 0 Å². The molecule has 0 saturated carbocycles. The summed E-state index contributed by atoms with van der Waals surface area (Å²) in [7, 11) is 0. The van der Waals surface area contributed by atoms with E-state index in [9.17, 15) is 0 Å². The molecule has 1 aromatic rings. The summed E-state index contributed by atoms with van der Waals surface area (Å²) in [5.41, 5.74) is 4.69. The minimum Gasteiger partial charge on any atom is -0.0625 e. The number of hydrogen-bond acceptors (Lipinski definition) is 0. The Morgan fingerprint density at radius 2 is 1.53 bits per heavy atom. The molecule has 17 heavy (non-hydrogen) atoms. The van der Waals surface area contributed by atoms with Gasteiger partial charge in [-0.05, 0) is 40.4 Å². The lowest BCUT2D eigenvalue weighted by Crippen LogP contribution is -2.13. The van der Waals surface area contributed by atoms with Crippen LogP contribution in [0.15, 0.2) is 18.2 Å².